The summed E-state index contributed by atoms with van der Waals surface area (Å²) in [4.78, 5) is 38.6. The molecule has 0 bridgehead atoms. The van der Waals surface area contributed by atoms with E-state index in [2.05, 4.69) is 10.5 Å². The van der Waals surface area contributed by atoms with Gasteiger partial charge in [-0.15, -0.1) is 0 Å². The third kappa shape index (κ3) is 5.23. The number of hydrogen-bond donors (Lipinski definition) is 1. The number of halogens is 1. The molecule has 1 saturated heterocycles. The molecule has 1 atom stereocenters. The van der Waals surface area contributed by atoms with Gasteiger partial charge < -0.3 is 9.64 Å². The Morgan fingerprint density at radius 3 is 2.80 bits per heavy atom. The van der Waals surface area contributed by atoms with Crippen molar-refractivity contribution in [1.82, 2.24) is 10.3 Å². The number of hydrogen-bond acceptors (Lipinski definition) is 5. The van der Waals surface area contributed by atoms with Gasteiger partial charge in [0.2, 0.25) is 11.8 Å². The van der Waals surface area contributed by atoms with Crippen LogP contribution in [0.1, 0.15) is 51.0 Å². The number of esters is 1. The summed E-state index contributed by atoms with van der Waals surface area (Å²) in [5.74, 6) is -0.933. The van der Waals surface area contributed by atoms with E-state index >= 15 is 0 Å². The molecule has 1 aromatic rings. The first kappa shape index (κ1) is 21.9. The molecule has 0 radical (unpaired) electrons. The minimum atomic E-state index is -0.956. The monoisotopic (exact) mass is 417 g/mol. The van der Waals surface area contributed by atoms with Crippen molar-refractivity contribution in [2.24, 2.45) is 10.5 Å². The first-order chi connectivity index (χ1) is 14.4. The maximum atomic E-state index is 14.3. The fourth-order valence-corrected chi connectivity index (χ4v) is 4.12. The molecule has 2 aliphatic rings. The van der Waals surface area contributed by atoms with Gasteiger partial charge in [-0.25, -0.2) is 9.82 Å². The summed E-state index contributed by atoms with van der Waals surface area (Å²) >= 11 is 0. The predicted octanol–water partition coefficient (Wildman–Crippen LogP) is 2.59. The molecular weight excluding hydrogens is 389 g/mol. The first-order valence-corrected chi connectivity index (χ1v) is 10.5. The number of nitrogens with one attached hydrogen (secondary N) is 1. The quantitative estimate of drug-likeness (QED) is 0.691. The van der Waals surface area contributed by atoms with Crippen molar-refractivity contribution in [2.75, 3.05) is 19.7 Å². The lowest BCUT2D eigenvalue weighted by Crippen LogP contribution is -2.51. The Morgan fingerprint density at radius 2 is 2.10 bits per heavy atom. The van der Waals surface area contributed by atoms with Crippen molar-refractivity contribution < 1.29 is 23.5 Å². The molecule has 7 nitrogen and oxygen atoms in total. The Hall–Kier alpha value is -2.77. The summed E-state index contributed by atoms with van der Waals surface area (Å²) in [5.41, 5.74) is 2.73. The second-order valence-electron chi connectivity index (χ2n) is 7.90. The molecule has 1 fully saturated rings. The van der Waals surface area contributed by atoms with Crippen molar-refractivity contribution in [3.8, 4) is 0 Å². The first-order valence-electron chi connectivity index (χ1n) is 10.5. The topological polar surface area (TPSA) is 88.1 Å². The van der Waals surface area contributed by atoms with Gasteiger partial charge in [-0.1, -0.05) is 18.2 Å². The van der Waals surface area contributed by atoms with Crippen LogP contribution in [0, 0.1) is 11.2 Å². The molecule has 2 amide bonds. The summed E-state index contributed by atoms with van der Waals surface area (Å²) in [6.07, 6.45) is 3.05. The lowest BCUT2D eigenvalue weighted by atomic mass is 9.74. The zero-order valence-electron chi connectivity index (χ0n) is 17.3. The van der Waals surface area contributed by atoms with E-state index in [1.807, 2.05) is 0 Å². The number of amides is 2. The summed E-state index contributed by atoms with van der Waals surface area (Å²) < 4.78 is 19.6. The fraction of sp³-hybridized carbons (Fsp3) is 0.545. The molecule has 30 heavy (non-hydrogen) atoms. The van der Waals surface area contributed by atoms with Crippen LogP contribution in [-0.2, 0) is 25.5 Å². The molecule has 2 aliphatic heterocycles. The van der Waals surface area contributed by atoms with E-state index in [0.29, 0.717) is 44.2 Å². The van der Waals surface area contributed by atoms with Crippen molar-refractivity contribution >= 4 is 23.5 Å². The lowest BCUT2D eigenvalue weighted by molar-refractivity contribution is -0.160. The number of carbonyl (C=O) groups is 3. The van der Waals surface area contributed by atoms with Gasteiger partial charge in [-0.3, -0.25) is 14.4 Å². The Labute approximate surface area is 175 Å². The SMILES string of the molecule is CCOC(=O)[C@@]1(Cc2ccccc2F)CCCN(C(=O)CCC2=NNC(=O)CC2)C1. The maximum absolute atomic E-state index is 14.3. The molecule has 0 saturated carbocycles. The van der Waals surface area contributed by atoms with E-state index < -0.39 is 5.41 Å². The molecule has 0 spiro atoms. The highest BCUT2D eigenvalue weighted by Crippen LogP contribution is 2.36. The number of benzene rings is 1. The van der Waals surface area contributed by atoms with Gasteiger partial charge in [-0.05, 0) is 50.7 Å². The van der Waals surface area contributed by atoms with Gasteiger partial charge in [0.15, 0.2) is 0 Å². The molecule has 1 aromatic carbocycles. The van der Waals surface area contributed by atoms with E-state index in [-0.39, 0.29) is 49.6 Å². The molecule has 1 N–H and O–H groups in total. The third-order valence-electron chi connectivity index (χ3n) is 5.73. The van der Waals surface area contributed by atoms with E-state index in [9.17, 15) is 18.8 Å². The summed E-state index contributed by atoms with van der Waals surface area (Å²) in [6, 6.07) is 6.41. The van der Waals surface area contributed by atoms with Crippen LogP contribution in [0.5, 0.6) is 0 Å². The highest BCUT2D eigenvalue weighted by molar-refractivity contribution is 5.94. The molecule has 0 aromatic heterocycles. The van der Waals surface area contributed by atoms with Crippen LogP contribution in [0.4, 0.5) is 4.39 Å². The van der Waals surface area contributed by atoms with Crippen LogP contribution in [-0.4, -0.2) is 48.1 Å². The minimum Gasteiger partial charge on any atom is -0.466 e. The number of rotatable bonds is 7. The zero-order valence-corrected chi connectivity index (χ0v) is 17.3. The number of carbonyl (C=O) groups excluding carboxylic acids is 3. The van der Waals surface area contributed by atoms with Crippen LogP contribution in [0.3, 0.4) is 0 Å². The molecular formula is C22H28FN3O4. The van der Waals surface area contributed by atoms with Crippen LogP contribution in [0.15, 0.2) is 29.4 Å². The number of nitrogens with zero attached hydrogens (tertiary/aromatic N) is 2. The minimum absolute atomic E-state index is 0.0727. The average Bonchev–Trinajstić information content (AvgIpc) is 2.75. The smallest absolute Gasteiger partial charge is 0.314 e. The number of piperidine rings is 1. The van der Waals surface area contributed by atoms with Gasteiger partial charge >= 0.3 is 5.97 Å². The second-order valence-corrected chi connectivity index (χ2v) is 7.90. The van der Waals surface area contributed by atoms with E-state index in [1.54, 1.807) is 30.0 Å². The van der Waals surface area contributed by atoms with Crippen molar-refractivity contribution in [1.29, 1.82) is 0 Å². The zero-order chi connectivity index (χ0) is 21.6. The summed E-state index contributed by atoms with van der Waals surface area (Å²) in [6.45, 7) is 2.74. The molecule has 8 heteroatoms. The lowest BCUT2D eigenvalue weighted by Gasteiger charge is -2.41. The van der Waals surface area contributed by atoms with Gasteiger partial charge in [0.1, 0.15) is 5.82 Å². The fourth-order valence-electron chi connectivity index (χ4n) is 4.12. The predicted molar refractivity (Wildman–Crippen MR) is 109 cm³/mol. The summed E-state index contributed by atoms with van der Waals surface area (Å²) in [5, 5.41) is 4.00. The summed E-state index contributed by atoms with van der Waals surface area (Å²) in [7, 11) is 0. The van der Waals surface area contributed by atoms with Crippen LogP contribution in [0.25, 0.3) is 0 Å². The van der Waals surface area contributed by atoms with Crippen molar-refractivity contribution in [3.63, 3.8) is 0 Å². The highest BCUT2D eigenvalue weighted by atomic mass is 19.1. The highest BCUT2D eigenvalue weighted by Gasteiger charge is 2.45. The standard InChI is InChI=1S/C22H28FN3O4/c1-2-30-21(29)22(14-16-6-3-4-7-18(16)23)12-5-13-26(15-22)20(28)11-9-17-8-10-19(27)25-24-17/h3-4,6-7H,2,5,8-15H2,1H3,(H,25,27)/t22-/m1/s1. The van der Waals surface area contributed by atoms with Gasteiger partial charge in [-0.2, -0.15) is 5.10 Å². The number of likely N-dealkylation sites (tertiary alicyclic amines) is 1. The van der Waals surface area contributed by atoms with E-state index in [4.69, 9.17) is 4.74 Å². The molecule has 162 valence electrons. The molecule has 0 aliphatic carbocycles. The average molecular weight is 417 g/mol. The van der Waals surface area contributed by atoms with E-state index in [1.165, 1.54) is 6.07 Å². The van der Waals surface area contributed by atoms with Gasteiger partial charge in [0.05, 0.1) is 12.0 Å². The number of ether oxygens (including phenoxy) is 1. The van der Waals surface area contributed by atoms with Crippen molar-refractivity contribution in [2.45, 2.75) is 51.9 Å². The normalized spacial score (nSPS) is 21.6. The molecule has 2 heterocycles. The third-order valence-corrected chi connectivity index (χ3v) is 5.73. The second kappa shape index (κ2) is 9.82. The largest absolute Gasteiger partial charge is 0.466 e. The maximum Gasteiger partial charge on any atom is 0.314 e. The van der Waals surface area contributed by atoms with Crippen molar-refractivity contribution in [3.05, 3.63) is 35.6 Å². The Balaban J connectivity index is 1.71. The number of hydrazone groups is 1. The molecule has 3 rings (SSSR count). The Morgan fingerprint density at radius 1 is 1.30 bits per heavy atom. The Bertz CT molecular complexity index is 841. The molecule has 0 unspecified atom stereocenters. The van der Waals surface area contributed by atoms with Gasteiger partial charge in [0, 0.05) is 31.6 Å². The Kier molecular flexibility index (Phi) is 7.18. The van der Waals surface area contributed by atoms with E-state index in [0.717, 1.165) is 5.71 Å². The van der Waals surface area contributed by atoms with Gasteiger partial charge in [0.25, 0.3) is 0 Å². The van der Waals surface area contributed by atoms with Crippen LogP contribution < -0.4 is 5.43 Å². The van der Waals surface area contributed by atoms with Crippen LogP contribution >= 0.6 is 0 Å². The van der Waals surface area contributed by atoms with Crippen LogP contribution in [0.2, 0.25) is 0 Å².